The van der Waals surface area contributed by atoms with Gasteiger partial charge in [0.1, 0.15) is 16.9 Å². The number of ether oxygens (including phenoxy) is 1. The maximum absolute atomic E-state index is 13.6. The number of esters is 1. The minimum Gasteiger partial charge on any atom is -0.465 e. The van der Waals surface area contributed by atoms with Gasteiger partial charge in [0.25, 0.3) is 15.9 Å². The maximum atomic E-state index is 13.6. The van der Waals surface area contributed by atoms with Gasteiger partial charge in [0.15, 0.2) is 0 Å². The normalized spacial score (nSPS) is 11.4. The van der Waals surface area contributed by atoms with E-state index in [1.54, 1.807) is 49.4 Å². The van der Waals surface area contributed by atoms with Crippen LogP contribution in [0.5, 0.6) is 0 Å². The first kappa shape index (κ1) is 22.3. The summed E-state index contributed by atoms with van der Waals surface area (Å²) in [5, 5.41) is 0.349. The molecule has 0 saturated heterocycles. The van der Waals surface area contributed by atoms with E-state index in [0.717, 1.165) is 9.87 Å². The van der Waals surface area contributed by atoms with Crippen LogP contribution >= 0.6 is 0 Å². The third-order valence-electron chi connectivity index (χ3n) is 5.24. The Morgan fingerprint density at radius 2 is 1.58 bits per heavy atom. The first-order valence-corrected chi connectivity index (χ1v) is 11.5. The van der Waals surface area contributed by atoms with Crippen molar-refractivity contribution in [1.29, 1.82) is 0 Å². The second-order valence-electron chi connectivity index (χ2n) is 7.46. The predicted octanol–water partition coefficient (Wildman–Crippen LogP) is 4.87. The molecule has 0 N–H and O–H groups in total. The van der Waals surface area contributed by atoms with Crippen LogP contribution in [0.2, 0.25) is 0 Å². The third-order valence-corrected chi connectivity index (χ3v) is 6.96. The van der Waals surface area contributed by atoms with Crippen LogP contribution in [-0.2, 0) is 14.8 Å². The molecule has 33 heavy (non-hydrogen) atoms. The summed E-state index contributed by atoms with van der Waals surface area (Å²) in [7, 11) is -3.03. The number of methoxy groups -OCH3 is 1. The van der Waals surface area contributed by atoms with Gasteiger partial charge < -0.3 is 9.15 Å². The molecular weight excluding hydrogens is 442 g/mol. The molecule has 0 bridgehead atoms. The summed E-state index contributed by atoms with van der Waals surface area (Å²) >= 11 is 0. The highest BCUT2D eigenvalue weighted by Crippen LogP contribution is 2.33. The Morgan fingerprint density at radius 3 is 2.21 bits per heavy atom. The quantitative estimate of drug-likeness (QED) is 0.392. The molecule has 168 valence electrons. The number of fused-ring (bicyclic) bond motifs is 1. The van der Waals surface area contributed by atoms with Gasteiger partial charge in [0, 0.05) is 10.9 Å². The number of carbonyl (C=O) groups excluding carboxylic acids is 2. The molecule has 0 unspecified atom stereocenters. The Bertz CT molecular complexity index is 1450. The van der Waals surface area contributed by atoms with Crippen molar-refractivity contribution < 1.29 is 27.2 Å². The molecule has 0 saturated carbocycles. The number of sulfonamides is 1. The molecule has 0 atom stereocenters. The van der Waals surface area contributed by atoms with Gasteiger partial charge >= 0.3 is 5.97 Å². The zero-order chi connectivity index (χ0) is 23.8. The Kier molecular flexibility index (Phi) is 5.78. The average molecular weight is 464 g/mol. The minimum absolute atomic E-state index is 0.0397. The van der Waals surface area contributed by atoms with Gasteiger partial charge in [0.05, 0.1) is 17.7 Å². The van der Waals surface area contributed by atoms with Crippen LogP contribution in [0.15, 0.2) is 82.1 Å². The lowest BCUT2D eigenvalue weighted by molar-refractivity contribution is 0.0600. The number of hydrogen-bond acceptors (Lipinski definition) is 6. The van der Waals surface area contributed by atoms with Crippen LogP contribution in [0.3, 0.4) is 0 Å². The predicted molar refractivity (Wildman–Crippen MR) is 124 cm³/mol. The fourth-order valence-corrected chi connectivity index (χ4v) is 4.99. The molecule has 1 heterocycles. The van der Waals surface area contributed by atoms with Crippen LogP contribution in [0.1, 0.15) is 32.0 Å². The highest BCUT2D eigenvalue weighted by atomic mass is 32.2. The van der Waals surface area contributed by atoms with E-state index >= 15 is 0 Å². The van der Waals surface area contributed by atoms with Crippen LogP contribution in [0, 0.1) is 13.8 Å². The summed E-state index contributed by atoms with van der Waals surface area (Å²) in [4.78, 5) is 25.8. The molecule has 8 heteroatoms. The standard InChI is InChI=1S/C25H21NO6S/c1-16-9-11-18(12-10-16)24(27)26(33(29,30)20-7-5-4-6-8-20)19-13-14-22-21(15-19)23(17(2)32-22)25(28)31-3/h4-15H,1-3H3. The summed E-state index contributed by atoms with van der Waals surface area (Å²) in [5.74, 6) is -1.01. The first-order chi connectivity index (χ1) is 15.7. The van der Waals surface area contributed by atoms with E-state index < -0.39 is 21.9 Å². The number of anilines is 1. The Hall–Kier alpha value is -3.91. The molecule has 0 aliphatic carbocycles. The Morgan fingerprint density at radius 1 is 0.909 bits per heavy atom. The molecule has 4 rings (SSSR count). The van der Waals surface area contributed by atoms with Gasteiger partial charge in [-0.3, -0.25) is 4.79 Å². The Labute approximate surface area is 191 Å². The van der Waals surface area contributed by atoms with E-state index in [4.69, 9.17) is 9.15 Å². The smallest absolute Gasteiger partial charge is 0.342 e. The number of hydrogen-bond donors (Lipinski definition) is 0. The van der Waals surface area contributed by atoms with Crippen molar-refractivity contribution in [3.8, 4) is 0 Å². The largest absolute Gasteiger partial charge is 0.465 e. The zero-order valence-corrected chi connectivity index (χ0v) is 19.0. The molecule has 3 aromatic carbocycles. The van der Waals surface area contributed by atoms with Gasteiger partial charge in [-0.05, 0) is 56.3 Å². The number of rotatable bonds is 5. The van der Waals surface area contributed by atoms with E-state index in [0.29, 0.717) is 16.7 Å². The molecule has 0 radical (unpaired) electrons. The summed E-state index contributed by atoms with van der Waals surface area (Å²) in [6.07, 6.45) is 0. The number of furan rings is 1. The van der Waals surface area contributed by atoms with Crippen LogP contribution in [0.4, 0.5) is 5.69 Å². The number of aryl methyl sites for hydroxylation is 2. The molecular formula is C25H21NO6S. The van der Waals surface area contributed by atoms with Crippen LogP contribution in [-0.4, -0.2) is 27.4 Å². The first-order valence-electron chi connectivity index (χ1n) is 10.1. The highest BCUT2D eigenvalue weighted by molar-refractivity contribution is 7.93. The van der Waals surface area contributed by atoms with E-state index in [9.17, 15) is 18.0 Å². The van der Waals surface area contributed by atoms with Crippen molar-refractivity contribution >= 4 is 38.6 Å². The molecule has 7 nitrogen and oxygen atoms in total. The average Bonchev–Trinajstić information content (AvgIpc) is 3.14. The van der Waals surface area contributed by atoms with E-state index in [2.05, 4.69) is 0 Å². The van der Waals surface area contributed by atoms with Crippen molar-refractivity contribution in [2.24, 2.45) is 0 Å². The lowest BCUT2D eigenvalue weighted by atomic mass is 10.1. The third kappa shape index (κ3) is 4.01. The minimum atomic E-state index is -4.28. The fourth-order valence-electron chi connectivity index (χ4n) is 3.57. The van der Waals surface area contributed by atoms with E-state index in [1.807, 2.05) is 6.92 Å². The number of amides is 1. The lowest BCUT2D eigenvalue weighted by Crippen LogP contribution is -2.37. The lowest BCUT2D eigenvalue weighted by Gasteiger charge is -2.23. The zero-order valence-electron chi connectivity index (χ0n) is 18.2. The van der Waals surface area contributed by atoms with E-state index in [-0.39, 0.29) is 21.7 Å². The van der Waals surface area contributed by atoms with Gasteiger partial charge in [-0.1, -0.05) is 35.9 Å². The van der Waals surface area contributed by atoms with Gasteiger partial charge in [-0.15, -0.1) is 0 Å². The number of carbonyl (C=O) groups is 2. The molecule has 4 aromatic rings. The van der Waals surface area contributed by atoms with Crippen LogP contribution < -0.4 is 4.31 Å². The molecule has 0 spiro atoms. The van der Waals surface area contributed by atoms with Crippen molar-refractivity contribution in [3.63, 3.8) is 0 Å². The second-order valence-corrected chi connectivity index (χ2v) is 9.25. The van der Waals surface area contributed by atoms with Crippen molar-refractivity contribution in [2.45, 2.75) is 18.7 Å². The summed E-state index contributed by atoms with van der Waals surface area (Å²) in [6.45, 7) is 3.48. The van der Waals surface area contributed by atoms with Crippen LogP contribution in [0.25, 0.3) is 11.0 Å². The van der Waals surface area contributed by atoms with Crippen molar-refractivity contribution in [1.82, 2.24) is 0 Å². The summed E-state index contributed by atoms with van der Waals surface area (Å²) in [5.41, 5.74) is 1.76. The number of benzene rings is 3. The number of nitrogens with zero attached hydrogens (tertiary/aromatic N) is 1. The van der Waals surface area contributed by atoms with Gasteiger partial charge in [-0.2, -0.15) is 4.31 Å². The topological polar surface area (TPSA) is 93.9 Å². The summed E-state index contributed by atoms with van der Waals surface area (Å²) in [6, 6.07) is 18.8. The van der Waals surface area contributed by atoms with Gasteiger partial charge in [0.2, 0.25) is 0 Å². The SMILES string of the molecule is COC(=O)c1c(C)oc2ccc(N(C(=O)c3ccc(C)cc3)S(=O)(=O)c3ccccc3)cc12. The molecule has 0 fully saturated rings. The monoisotopic (exact) mass is 463 g/mol. The molecule has 1 amide bonds. The molecule has 0 aliphatic rings. The highest BCUT2D eigenvalue weighted by Gasteiger charge is 2.33. The van der Waals surface area contributed by atoms with Gasteiger partial charge in [-0.25, -0.2) is 13.2 Å². The van der Waals surface area contributed by atoms with Crippen molar-refractivity contribution in [2.75, 3.05) is 11.4 Å². The van der Waals surface area contributed by atoms with E-state index in [1.165, 1.54) is 37.4 Å². The molecule has 1 aromatic heterocycles. The second kappa shape index (κ2) is 8.55. The molecule has 0 aliphatic heterocycles. The fraction of sp³-hybridized carbons (Fsp3) is 0.120. The summed E-state index contributed by atoms with van der Waals surface area (Å²) < 4.78 is 38.5. The maximum Gasteiger partial charge on any atom is 0.342 e. The van der Waals surface area contributed by atoms with Crippen molar-refractivity contribution in [3.05, 3.63) is 95.2 Å². The Balaban J connectivity index is 1.95.